The van der Waals surface area contributed by atoms with Gasteiger partial charge < -0.3 is 14.2 Å². The van der Waals surface area contributed by atoms with Crippen molar-refractivity contribution < 1.29 is 28.2 Å². The Morgan fingerprint density at radius 3 is 2.37 bits per heavy atom. The zero-order valence-corrected chi connectivity index (χ0v) is 15.5. The molecule has 142 valence electrons. The fraction of sp³-hybridized carbons (Fsp3) is 0.300. The van der Waals surface area contributed by atoms with Gasteiger partial charge in [-0.3, -0.25) is 0 Å². The van der Waals surface area contributed by atoms with Gasteiger partial charge in [0.2, 0.25) is 0 Å². The number of esters is 2. The first-order chi connectivity index (χ1) is 12.9. The topological polar surface area (TPSA) is 61.8 Å². The van der Waals surface area contributed by atoms with E-state index < -0.39 is 35.4 Å². The molecule has 0 spiro atoms. The maximum atomic E-state index is 15.2. The maximum absolute atomic E-state index is 15.2. The van der Waals surface area contributed by atoms with E-state index in [1.54, 1.807) is 48.5 Å². The molecule has 3 rings (SSSR count). The quantitative estimate of drug-likeness (QED) is 0.580. The number of benzene rings is 2. The maximum Gasteiger partial charge on any atom is 0.338 e. The molecule has 27 heavy (non-hydrogen) atoms. The Kier molecular flexibility index (Phi) is 5.48. The minimum atomic E-state index is -2.17. The number of hydrogen-bond donors (Lipinski definition) is 0. The summed E-state index contributed by atoms with van der Waals surface area (Å²) in [6.07, 6.45) is -2.41. The highest BCUT2D eigenvalue weighted by atomic mass is 35.5. The monoisotopic (exact) mass is 392 g/mol. The van der Waals surface area contributed by atoms with E-state index in [9.17, 15) is 9.59 Å². The van der Waals surface area contributed by atoms with Crippen molar-refractivity contribution in [3.8, 4) is 0 Å². The molecule has 0 unspecified atom stereocenters. The zero-order chi connectivity index (χ0) is 19.6. The largest absolute Gasteiger partial charge is 0.465 e. The number of halogens is 2. The fourth-order valence-electron chi connectivity index (χ4n) is 2.97. The minimum absolute atomic E-state index is 0.187. The van der Waals surface area contributed by atoms with Crippen molar-refractivity contribution in [2.45, 2.75) is 30.4 Å². The van der Waals surface area contributed by atoms with E-state index in [2.05, 4.69) is 0 Å². The van der Waals surface area contributed by atoms with Gasteiger partial charge in [0, 0.05) is 0 Å². The molecule has 4 atom stereocenters. The summed E-state index contributed by atoms with van der Waals surface area (Å²) in [4.78, 5) is 24.5. The molecule has 0 N–H and O–H groups in total. The van der Waals surface area contributed by atoms with Crippen molar-refractivity contribution in [1.82, 2.24) is 0 Å². The van der Waals surface area contributed by atoms with Gasteiger partial charge in [-0.2, -0.15) is 0 Å². The van der Waals surface area contributed by atoms with Crippen molar-refractivity contribution in [3.05, 3.63) is 71.3 Å². The number of alkyl halides is 2. The average molecular weight is 393 g/mol. The third kappa shape index (κ3) is 3.68. The van der Waals surface area contributed by atoms with Gasteiger partial charge in [-0.15, -0.1) is 0 Å². The standard InChI is InChI=1S/C20H18ClFO5/c1-20(22)16(27-17(23)12-8-4-3-5-9-12)15(26-19(20)21)13-10-6-7-11-14(13)18(24)25-2/h3-11,15-16,19H,1-2H3/t15-,16-,19+,20-/m1/s1. The van der Waals surface area contributed by atoms with Crippen LogP contribution < -0.4 is 0 Å². The van der Waals surface area contributed by atoms with Gasteiger partial charge in [0.15, 0.2) is 17.3 Å². The molecule has 1 fully saturated rings. The number of carbonyl (C=O) groups excluding carboxylic acids is 2. The Hall–Kier alpha value is -2.44. The molecule has 0 radical (unpaired) electrons. The van der Waals surface area contributed by atoms with Crippen LogP contribution >= 0.6 is 11.6 Å². The van der Waals surface area contributed by atoms with Crippen molar-refractivity contribution in [2.75, 3.05) is 7.11 Å². The third-order valence-corrected chi connectivity index (χ3v) is 4.99. The highest BCUT2D eigenvalue weighted by Crippen LogP contribution is 2.46. The van der Waals surface area contributed by atoms with Crippen LogP contribution in [0.3, 0.4) is 0 Å². The highest BCUT2D eigenvalue weighted by molar-refractivity contribution is 6.20. The molecule has 0 aliphatic carbocycles. The van der Waals surface area contributed by atoms with Crippen molar-refractivity contribution >= 4 is 23.5 Å². The molecule has 0 saturated carbocycles. The first kappa shape index (κ1) is 19.3. The van der Waals surface area contributed by atoms with Crippen LogP contribution in [-0.4, -0.2) is 36.4 Å². The van der Waals surface area contributed by atoms with Crippen LogP contribution in [0.15, 0.2) is 54.6 Å². The molecule has 7 heteroatoms. The number of hydrogen-bond acceptors (Lipinski definition) is 5. The van der Waals surface area contributed by atoms with E-state index >= 15 is 4.39 Å². The third-order valence-electron chi connectivity index (χ3n) is 4.46. The van der Waals surface area contributed by atoms with E-state index in [4.69, 9.17) is 25.8 Å². The second-order valence-electron chi connectivity index (χ2n) is 6.29. The number of rotatable bonds is 4. The molecule has 0 bridgehead atoms. The molecule has 0 aromatic heterocycles. The second kappa shape index (κ2) is 7.66. The normalized spacial score (nSPS) is 27.2. The Balaban J connectivity index is 1.97. The molecule has 1 aliphatic rings. The van der Waals surface area contributed by atoms with Crippen LogP contribution in [0.4, 0.5) is 4.39 Å². The van der Waals surface area contributed by atoms with Gasteiger partial charge in [-0.1, -0.05) is 48.0 Å². The lowest BCUT2D eigenvalue weighted by molar-refractivity contribution is -0.0246. The predicted octanol–water partition coefficient (Wildman–Crippen LogP) is 4.06. The lowest BCUT2D eigenvalue weighted by Crippen LogP contribution is -2.41. The second-order valence-corrected chi connectivity index (χ2v) is 6.69. The van der Waals surface area contributed by atoms with Crippen LogP contribution in [0.5, 0.6) is 0 Å². The van der Waals surface area contributed by atoms with Crippen molar-refractivity contribution in [2.24, 2.45) is 0 Å². The van der Waals surface area contributed by atoms with E-state index in [-0.39, 0.29) is 11.1 Å². The van der Waals surface area contributed by atoms with Gasteiger partial charge in [0.05, 0.1) is 18.2 Å². The summed E-state index contributed by atoms with van der Waals surface area (Å²) in [6.45, 7) is 1.20. The molecule has 2 aromatic carbocycles. The van der Waals surface area contributed by atoms with Gasteiger partial charge in [-0.25, -0.2) is 14.0 Å². The van der Waals surface area contributed by atoms with Crippen LogP contribution in [-0.2, 0) is 14.2 Å². The molecule has 1 saturated heterocycles. The fourth-order valence-corrected chi connectivity index (χ4v) is 3.21. The van der Waals surface area contributed by atoms with Gasteiger partial charge in [0.1, 0.15) is 6.10 Å². The summed E-state index contributed by atoms with van der Waals surface area (Å²) in [5.74, 6) is -1.32. The van der Waals surface area contributed by atoms with Crippen LogP contribution in [0.2, 0.25) is 0 Å². The molecule has 1 aliphatic heterocycles. The summed E-state index contributed by atoms with van der Waals surface area (Å²) in [5.41, 5.74) is -2.73. The predicted molar refractivity (Wildman–Crippen MR) is 96.4 cm³/mol. The van der Waals surface area contributed by atoms with Crippen LogP contribution in [0, 0.1) is 0 Å². The summed E-state index contributed by atoms with van der Waals surface area (Å²) >= 11 is 6.03. The molecule has 2 aromatic rings. The molecule has 5 nitrogen and oxygen atoms in total. The van der Waals surface area contributed by atoms with Crippen molar-refractivity contribution in [1.29, 1.82) is 0 Å². The van der Waals surface area contributed by atoms with E-state index in [1.165, 1.54) is 20.1 Å². The summed E-state index contributed by atoms with van der Waals surface area (Å²) in [6, 6.07) is 14.6. The number of methoxy groups -OCH3 is 1. The Morgan fingerprint density at radius 2 is 1.70 bits per heavy atom. The molecular weight excluding hydrogens is 375 g/mol. The van der Waals surface area contributed by atoms with Crippen LogP contribution in [0.1, 0.15) is 39.3 Å². The number of carbonyl (C=O) groups is 2. The Morgan fingerprint density at radius 1 is 1.07 bits per heavy atom. The minimum Gasteiger partial charge on any atom is -0.465 e. The molecule has 1 heterocycles. The zero-order valence-electron chi connectivity index (χ0n) is 14.7. The average Bonchev–Trinajstić information content (AvgIpc) is 2.91. The summed E-state index contributed by atoms with van der Waals surface area (Å²) < 4.78 is 31.0. The first-order valence-electron chi connectivity index (χ1n) is 8.28. The number of ether oxygens (including phenoxy) is 3. The van der Waals surface area contributed by atoms with E-state index in [1.807, 2.05) is 0 Å². The van der Waals surface area contributed by atoms with Crippen LogP contribution in [0.25, 0.3) is 0 Å². The molecule has 0 amide bonds. The van der Waals surface area contributed by atoms with E-state index in [0.29, 0.717) is 5.56 Å². The Bertz CT molecular complexity index is 839. The van der Waals surface area contributed by atoms with Gasteiger partial charge in [-0.05, 0) is 30.7 Å². The summed E-state index contributed by atoms with van der Waals surface area (Å²) in [5, 5.41) is 0. The molecular formula is C20H18ClFO5. The Labute approximate surface area is 161 Å². The lowest BCUT2D eigenvalue weighted by atomic mass is 9.93. The highest BCUT2D eigenvalue weighted by Gasteiger charge is 2.57. The van der Waals surface area contributed by atoms with Gasteiger partial charge >= 0.3 is 11.9 Å². The van der Waals surface area contributed by atoms with E-state index in [0.717, 1.165) is 0 Å². The first-order valence-corrected chi connectivity index (χ1v) is 8.71. The summed E-state index contributed by atoms with van der Waals surface area (Å²) in [7, 11) is 1.24. The smallest absolute Gasteiger partial charge is 0.338 e. The van der Waals surface area contributed by atoms with Crippen molar-refractivity contribution in [3.63, 3.8) is 0 Å². The lowest BCUT2D eigenvalue weighted by Gasteiger charge is -2.26. The van der Waals surface area contributed by atoms with Gasteiger partial charge in [0.25, 0.3) is 0 Å². The SMILES string of the molecule is COC(=O)c1ccccc1[C@H]1O[C@H](Cl)[C@](C)(F)[C@@H]1OC(=O)c1ccccc1.